The SMILES string of the molecule is O=C(O)c1ccn2c1CN(C(=O)C1CC(n3ccnc3)C1)CC2. The van der Waals surface area contributed by atoms with Gasteiger partial charge in [0.15, 0.2) is 0 Å². The third-order valence-corrected chi connectivity index (χ3v) is 4.98. The van der Waals surface area contributed by atoms with Gasteiger partial charge in [0.25, 0.3) is 0 Å². The zero-order valence-electron chi connectivity index (χ0n) is 12.6. The zero-order valence-corrected chi connectivity index (χ0v) is 12.6. The molecule has 2 aromatic rings. The molecule has 0 atom stereocenters. The Kier molecular flexibility index (Phi) is 3.21. The van der Waals surface area contributed by atoms with Crippen LogP contribution in [0.4, 0.5) is 0 Å². The van der Waals surface area contributed by atoms with Crippen LogP contribution in [0.3, 0.4) is 0 Å². The number of carbonyl (C=O) groups is 2. The summed E-state index contributed by atoms with van der Waals surface area (Å²) in [5.74, 6) is -0.751. The van der Waals surface area contributed by atoms with Crippen molar-refractivity contribution in [2.45, 2.75) is 32.0 Å². The van der Waals surface area contributed by atoms with Gasteiger partial charge in [0.2, 0.25) is 5.91 Å². The Morgan fingerprint density at radius 1 is 1.22 bits per heavy atom. The molecule has 1 aliphatic carbocycles. The molecule has 0 spiro atoms. The fraction of sp³-hybridized carbons (Fsp3) is 0.438. The van der Waals surface area contributed by atoms with Crippen molar-refractivity contribution in [1.82, 2.24) is 19.0 Å². The molecule has 7 nitrogen and oxygen atoms in total. The summed E-state index contributed by atoms with van der Waals surface area (Å²) in [6.07, 6.45) is 8.92. The topological polar surface area (TPSA) is 80.4 Å². The Morgan fingerprint density at radius 2 is 2.04 bits per heavy atom. The molecule has 0 aromatic carbocycles. The molecule has 0 radical (unpaired) electrons. The predicted octanol–water partition coefficient (Wildman–Crippen LogP) is 1.38. The van der Waals surface area contributed by atoms with Crippen LogP contribution in [0.2, 0.25) is 0 Å². The van der Waals surface area contributed by atoms with Crippen LogP contribution in [0.5, 0.6) is 0 Å². The number of hydrogen-bond acceptors (Lipinski definition) is 3. The van der Waals surface area contributed by atoms with Gasteiger partial charge in [-0.2, -0.15) is 0 Å². The molecule has 2 aliphatic rings. The van der Waals surface area contributed by atoms with Gasteiger partial charge in [0.05, 0.1) is 24.1 Å². The highest BCUT2D eigenvalue weighted by atomic mass is 16.4. The van der Waals surface area contributed by atoms with Crippen LogP contribution in [0, 0.1) is 5.92 Å². The number of aromatic nitrogens is 3. The van der Waals surface area contributed by atoms with Crippen LogP contribution in [-0.2, 0) is 17.9 Å². The second-order valence-electron chi connectivity index (χ2n) is 6.27. The van der Waals surface area contributed by atoms with Crippen molar-refractivity contribution in [3.05, 3.63) is 42.2 Å². The number of nitrogens with zero attached hydrogens (tertiary/aromatic N) is 4. The second-order valence-corrected chi connectivity index (χ2v) is 6.27. The van der Waals surface area contributed by atoms with Gasteiger partial charge >= 0.3 is 5.97 Å². The van der Waals surface area contributed by atoms with E-state index in [1.54, 1.807) is 29.7 Å². The highest BCUT2D eigenvalue weighted by Crippen LogP contribution is 2.39. The molecule has 23 heavy (non-hydrogen) atoms. The van der Waals surface area contributed by atoms with Crippen molar-refractivity contribution in [3.8, 4) is 0 Å². The highest BCUT2D eigenvalue weighted by molar-refractivity contribution is 5.89. The van der Waals surface area contributed by atoms with Crippen molar-refractivity contribution in [2.24, 2.45) is 5.92 Å². The number of aromatic carboxylic acids is 1. The van der Waals surface area contributed by atoms with Crippen LogP contribution in [0.25, 0.3) is 0 Å². The first kappa shape index (κ1) is 14.0. The number of carbonyl (C=O) groups excluding carboxylic acids is 1. The summed E-state index contributed by atoms with van der Waals surface area (Å²) in [5.41, 5.74) is 1.02. The van der Waals surface area contributed by atoms with E-state index in [1.165, 1.54) is 0 Å². The Hall–Kier alpha value is -2.57. The molecular weight excluding hydrogens is 296 g/mol. The third kappa shape index (κ3) is 2.32. The molecule has 120 valence electrons. The maximum absolute atomic E-state index is 12.7. The molecule has 4 rings (SSSR count). The van der Waals surface area contributed by atoms with Crippen LogP contribution in [0.1, 0.15) is 34.9 Å². The summed E-state index contributed by atoms with van der Waals surface area (Å²) >= 11 is 0. The fourth-order valence-corrected chi connectivity index (χ4v) is 3.54. The van der Waals surface area contributed by atoms with Gasteiger partial charge in [0, 0.05) is 43.6 Å². The number of fused-ring (bicyclic) bond motifs is 1. The maximum Gasteiger partial charge on any atom is 0.337 e. The van der Waals surface area contributed by atoms with Gasteiger partial charge < -0.3 is 19.1 Å². The number of carboxylic acid groups (broad SMARTS) is 1. The smallest absolute Gasteiger partial charge is 0.337 e. The summed E-state index contributed by atoms with van der Waals surface area (Å²) in [7, 11) is 0. The average Bonchev–Trinajstić information content (AvgIpc) is 3.14. The van der Waals surface area contributed by atoms with E-state index < -0.39 is 5.97 Å². The molecule has 1 aliphatic heterocycles. The van der Waals surface area contributed by atoms with Gasteiger partial charge in [-0.15, -0.1) is 0 Å². The Morgan fingerprint density at radius 3 is 2.74 bits per heavy atom. The third-order valence-electron chi connectivity index (χ3n) is 4.98. The van der Waals surface area contributed by atoms with Gasteiger partial charge in [0.1, 0.15) is 0 Å². The van der Waals surface area contributed by atoms with Crippen LogP contribution >= 0.6 is 0 Å². The molecule has 1 N–H and O–H groups in total. The number of hydrogen-bond donors (Lipinski definition) is 1. The van der Waals surface area contributed by atoms with Crippen molar-refractivity contribution in [3.63, 3.8) is 0 Å². The normalized spacial score (nSPS) is 23.2. The standard InChI is InChI=1S/C16H18N4O3/c21-15(11-7-12(8-11)20-4-2-17-10-20)19-6-5-18-3-1-13(16(22)23)14(18)9-19/h1-4,10-12H,5-9H2,(H,22,23). The van der Waals surface area contributed by atoms with E-state index in [0.29, 0.717) is 31.2 Å². The fourth-order valence-electron chi connectivity index (χ4n) is 3.54. The van der Waals surface area contributed by atoms with E-state index in [0.717, 1.165) is 18.5 Å². The first-order chi connectivity index (χ1) is 11.1. The molecule has 0 saturated heterocycles. The van der Waals surface area contributed by atoms with Crippen molar-refractivity contribution in [2.75, 3.05) is 6.54 Å². The maximum atomic E-state index is 12.7. The number of carboxylic acids is 1. The van der Waals surface area contributed by atoms with E-state index in [-0.39, 0.29) is 11.8 Å². The molecule has 0 unspecified atom stereocenters. The predicted molar refractivity (Wildman–Crippen MR) is 80.8 cm³/mol. The molecule has 1 amide bonds. The molecule has 1 fully saturated rings. The average molecular weight is 314 g/mol. The zero-order chi connectivity index (χ0) is 16.0. The lowest BCUT2D eigenvalue weighted by molar-refractivity contribution is -0.141. The lowest BCUT2D eigenvalue weighted by Gasteiger charge is -2.39. The van der Waals surface area contributed by atoms with Crippen molar-refractivity contribution in [1.29, 1.82) is 0 Å². The van der Waals surface area contributed by atoms with Crippen molar-refractivity contribution < 1.29 is 14.7 Å². The summed E-state index contributed by atoms with van der Waals surface area (Å²) < 4.78 is 3.98. The highest BCUT2D eigenvalue weighted by Gasteiger charge is 2.38. The molecule has 0 bridgehead atoms. The van der Waals surface area contributed by atoms with Gasteiger partial charge in [-0.05, 0) is 18.9 Å². The van der Waals surface area contributed by atoms with E-state index >= 15 is 0 Å². The Labute approximate surface area is 133 Å². The minimum absolute atomic E-state index is 0.0391. The minimum Gasteiger partial charge on any atom is -0.478 e. The van der Waals surface area contributed by atoms with Crippen LogP contribution in [-0.4, -0.2) is 42.5 Å². The van der Waals surface area contributed by atoms with Crippen molar-refractivity contribution >= 4 is 11.9 Å². The molecule has 2 aromatic heterocycles. The number of imidazole rings is 1. The minimum atomic E-state index is -0.933. The molecule has 1 saturated carbocycles. The summed E-state index contributed by atoms with van der Waals surface area (Å²) in [6, 6.07) is 1.97. The number of rotatable bonds is 3. The quantitative estimate of drug-likeness (QED) is 0.928. The summed E-state index contributed by atoms with van der Waals surface area (Å²) in [4.78, 5) is 29.8. The molecule has 7 heteroatoms. The Bertz CT molecular complexity index is 743. The van der Waals surface area contributed by atoms with E-state index in [1.807, 2.05) is 15.3 Å². The van der Waals surface area contributed by atoms with Gasteiger partial charge in [-0.25, -0.2) is 9.78 Å². The first-order valence-electron chi connectivity index (χ1n) is 7.81. The first-order valence-corrected chi connectivity index (χ1v) is 7.81. The lowest BCUT2D eigenvalue weighted by Crippen LogP contribution is -2.45. The Balaban J connectivity index is 1.43. The molecular formula is C16H18N4O3. The summed E-state index contributed by atoms with van der Waals surface area (Å²) in [5, 5.41) is 9.24. The number of amides is 1. The van der Waals surface area contributed by atoms with Gasteiger partial charge in [-0.1, -0.05) is 0 Å². The van der Waals surface area contributed by atoms with Gasteiger partial charge in [-0.3, -0.25) is 4.79 Å². The van der Waals surface area contributed by atoms with E-state index in [4.69, 9.17) is 0 Å². The lowest BCUT2D eigenvalue weighted by atomic mass is 9.79. The van der Waals surface area contributed by atoms with E-state index in [2.05, 4.69) is 4.98 Å². The van der Waals surface area contributed by atoms with Crippen LogP contribution in [0.15, 0.2) is 31.0 Å². The monoisotopic (exact) mass is 314 g/mol. The molecule has 3 heterocycles. The van der Waals surface area contributed by atoms with Crippen LogP contribution < -0.4 is 0 Å². The largest absolute Gasteiger partial charge is 0.478 e. The summed E-state index contributed by atoms with van der Waals surface area (Å²) in [6.45, 7) is 1.69. The van der Waals surface area contributed by atoms with E-state index in [9.17, 15) is 14.7 Å². The second kappa shape index (κ2) is 5.26.